The van der Waals surface area contributed by atoms with Crippen LogP contribution in [0.15, 0.2) is 54.6 Å². The maximum atomic E-state index is 3.66. The van der Waals surface area contributed by atoms with E-state index in [1.807, 2.05) is 7.05 Å². The molecule has 2 N–H and O–H groups in total. The highest BCUT2D eigenvalue weighted by Gasteiger charge is 2.26. The first kappa shape index (κ1) is 18.0. The van der Waals surface area contributed by atoms with E-state index >= 15 is 0 Å². The number of likely N-dealkylation sites (N-methyl/N-ethyl adjacent to an activating group) is 1. The fourth-order valence-electron chi connectivity index (χ4n) is 2.99. The second-order valence-electron chi connectivity index (χ2n) is 5.11. The SMILES string of the molecule is CNC[C@H]1NC[C@H](c2ccccc2)c2ccccc21.Cl.Cl. The molecule has 0 spiro atoms. The molecule has 2 aromatic rings. The highest BCUT2D eigenvalue weighted by Crippen LogP contribution is 2.33. The minimum absolute atomic E-state index is 0. The summed E-state index contributed by atoms with van der Waals surface area (Å²) < 4.78 is 0. The Labute approximate surface area is 139 Å². The molecule has 2 nitrogen and oxygen atoms in total. The molecule has 1 aliphatic heterocycles. The molecule has 0 fully saturated rings. The molecule has 0 saturated heterocycles. The molecule has 4 heteroatoms. The summed E-state index contributed by atoms with van der Waals surface area (Å²) in [6, 6.07) is 20.0. The van der Waals surface area contributed by atoms with Crippen LogP contribution >= 0.6 is 24.8 Å². The summed E-state index contributed by atoms with van der Waals surface area (Å²) in [5.41, 5.74) is 4.29. The van der Waals surface area contributed by atoms with E-state index in [1.54, 1.807) is 0 Å². The molecule has 0 amide bonds. The quantitative estimate of drug-likeness (QED) is 0.902. The number of hydrogen-bond donors (Lipinski definition) is 2. The molecule has 1 aliphatic rings. The third-order valence-electron chi connectivity index (χ3n) is 3.93. The predicted octanol–water partition coefficient (Wildman–Crippen LogP) is 3.53. The third-order valence-corrected chi connectivity index (χ3v) is 3.93. The third kappa shape index (κ3) is 3.78. The van der Waals surface area contributed by atoms with Crippen LogP contribution in [0.1, 0.15) is 28.7 Å². The molecule has 1 heterocycles. The van der Waals surface area contributed by atoms with Crippen molar-refractivity contribution < 1.29 is 0 Å². The van der Waals surface area contributed by atoms with Crippen molar-refractivity contribution in [1.29, 1.82) is 0 Å². The van der Waals surface area contributed by atoms with Gasteiger partial charge in [0.2, 0.25) is 0 Å². The molecule has 0 radical (unpaired) electrons. The van der Waals surface area contributed by atoms with Gasteiger partial charge in [0.05, 0.1) is 0 Å². The number of rotatable bonds is 3. The molecular weight excluding hydrogens is 303 g/mol. The number of fused-ring (bicyclic) bond motifs is 1. The first-order valence-corrected chi connectivity index (χ1v) is 6.92. The topological polar surface area (TPSA) is 24.1 Å². The molecule has 2 aromatic carbocycles. The van der Waals surface area contributed by atoms with Crippen LogP contribution in [0.2, 0.25) is 0 Å². The lowest BCUT2D eigenvalue weighted by Gasteiger charge is -2.33. The van der Waals surface area contributed by atoms with Crippen molar-refractivity contribution in [2.45, 2.75) is 12.0 Å². The summed E-state index contributed by atoms with van der Waals surface area (Å²) in [7, 11) is 2.01. The molecule has 114 valence electrons. The Kier molecular flexibility index (Phi) is 7.20. The van der Waals surface area contributed by atoms with Gasteiger partial charge in [-0.05, 0) is 23.7 Å². The smallest absolute Gasteiger partial charge is 0.0449 e. The highest BCUT2D eigenvalue weighted by atomic mass is 35.5. The van der Waals surface area contributed by atoms with E-state index in [0.717, 1.165) is 13.1 Å². The number of halogens is 2. The Balaban J connectivity index is 0.00000110. The lowest BCUT2D eigenvalue weighted by molar-refractivity contribution is 0.463. The van der Waals surface area contributed by atoms with E-state index in [-0.39, 0.29) is 24.8 Å². The summed E-state index contributed by atoms with van der Waals surface area (Å²) in [6.07, 6.45) is 0. The summed E-state index contributed by atoms with van der Waals surface area (Å²) in [5, 5.41) is 6.93. The number of benzene rings is 2. The molecular formula is C17H22Cl2N2. The van der Waals surface area contributed by atoms with Crippen LogP contribution in [-0.4, -0.2) is 20.1 Å². The van der Waals surface area contributed by atoms with Crippen LogP contribution in [0.4, 0.5) is 0 Å². The second-order valence-corrected chi connectivity index (χ2v) is 5.11. The van der Waals surface area contributed by atoms with Gasteiger partial charge < -0.3 is 10.6 Å². The van der Waals surface area contributed by atoms with E-state index < -0.39 is 0 Å². The van der Waals surface area contributed by atoms with Gasteiger partial charge in [0.15, 0.2) is 0 Å². The van der Waals surface area contributed by atoms with Gasteiger partial charge in [-0.3, -0.25) is 0 Å². The lowest BCUT2D eigenvalue weighted by Crippen LogP contribution is -2.38. The van der Waals surface area contributed by atoms with Gasteiger partial charge >= 0.3 is 0 Å². The predicted molar refractivity (Wildman–Crippen MR) is 93.9 cm³/mol. The average Bonchev–Trinajstić information content (AvgIpc) is 2.49. The van der Waals surface area contributed by atoms with Crippen molar-refractivity contribution in [2.75, 3.05) is 20.1 Å². The fourth-order valence-corrected chi connectivity index (χ4v) is 2.99. The van der Waals surface area contributed by atoms with Crippen LogP contribution in [0.5, 0.6) is 0 Å². The molecule has 21 heavy (non-hydrogen) atoms. The average molecular weight is 325 g/mol. The van der Waals surface area contributed by atoms with Gasteiger partial charge in [-0.15, -0.1) is 24.8 Å². The zero-order valence-electron chi connectivity index (χ0n) is 12.1. The van der Waals surface area contributed by atoms with Crippen LogP contribution in [-0.2, 0) is 0 Å². The summed E-state index contributed by atoms with van der Waals surface area (Å²) in [4.78, 5) is 0. The maximum Gasteiger partial charge on any atom is 0.0449 e. The van der Waals surface area contributed by atoms with E-state index in [4.69, 9.17) is 0 Å². The van der Waals surface area contributed by atoms with Crippen molar-refractivity contribution in [3.8, 4) is 0 Å². The molecule has 0 saturated carbocycles. The Hall–Kier alpha value is -1.06. The van der Waals surface area contributed by atoms with Gasteiger partial charge in [0.1, 0.15) is 0 Å². The largest absolute Gasteiger partial charge is 0.318 e. The monoisotopic (exact) mass is 324 g/mol. The van der Waals surface area contributed by atoms with E-state index in [2.05, 4.69) is 65.2 Å². The zero-order chi connectivity index (χ0) is 13.1. The summed E-state index contributed by atoms with van der Waals surface area (Å²) in [6.45, 7) is 1.98. The standard InChI is InChI=1S/C17H20N2.2ClH/c1-18-12-17-15-10-6-5-9-14(15)16(11-19-17)13-7-3-2-4-8-13;;/h2-10,16-19H,11-12H2,1H3;2*1H/t16-,17-;;/m1../s1. The maximum absolute atomic E-state index is 3.66. The number of hydrogen-bond acceptors (Lipinski definition) is 2. The van der Waals surface area contributed by atoms with Gasteiger partial charge in [0.25, 0.3) is 0 Å². The lowest BCUT2D eigenvalue weighted by atomic mass is 9.82. The highest BCUT2D eigenvalue weighted by molar-refractivity contribution is 5.85. The Bertz CT molecular complexity index is 545. The van der Waals surface area contributed by atoms with Gasteiger partial charge in [-0.2, -0.15) is 0 Å². The van der Waals surface area contributed by atoms with Crippen LogP contribution in [0.25, 0.3) is 0 Å². The van der Waals surface area contributed by atoms with E-state index in [0.29, 0.717) is 12.0 Å². The molecule has 2 atom stereocenters. The van der Waals surface area contributed by atoms with Gasteiger partial charge in [0, 0.05) is 25.0 Å². The molecule has 0 aliphatic carbocycles. The van der Waals surface area contributed by atoms with Crippen LogP contribution < -0.4 is 10.6 Å². The molecule has 0 aromatic heterocycles. The van der Waals surface area contributed by atoms with Gasteiger partial charge in [-0.1, -0.05) is 54.6 Å². The van der Waals surface area contributed by atoms with Crippen LogP contribution in [0.3, 0.4) is 0 Å². The first-order chi connectivity index (χ1) is 9.40. The Morgan fingerprint density at radius 3 is 2.24 bits per heavy atom. The van der Waals surface area contributed by atoms with Gasteiger partial charge in [-0.25, -0.2) is 0 Å². The van der Waals surface area contributed by atoms with Crippen molar-refractivity contribution in [1.82, 2.24) is 10.6 Å². The first-order valence-electron chi connectivity index (χ1n) is 6.92. The minimum atomic E-state index is 0. The Morgan fingerprint density at radius 2 is 1.57 bits per heavy atom. The Morgan fingerprint density at radius 1 is 0.952 bits per heavy atom. The minimum Gasteiger partial charge on any atom is -0.318 e. The van der Waals surface area contributed by atoms with Crippen molar-refractivity contribution in [3.05, 3.63) is 71.3 Å². The zero-order valence-corrected chi connectivity index (χ0v) is 13.7. The van der Waals surface area contributed by atoms with Crippen molar-refractivity contribution >= 4 is 24.8 Å². The van der Waals surface area contributed by atoms with Crippen molar-refractivity contribution in [3.63, 3.8) is 0 Å². The normalized spacial score (nSPS) is 19.9. The second kappa shape index (κ2) is 8.40. The fraction of sp³-hybridized carbons (Fsp3) is 0.294. The molecule has 0 unspecified atom stereocenters. The number of nitrogens with one attached hydrogen (secondary N) is 2. The van der Waals surface area contributed by atoms with Crippen molar-refractivity contribution in [2.24, 2.45) is 0 Å². The van der Waals surface area contributed by atoms with E-state index in [9.17, 15) is 0 Å². The van der Waals surface area contributed by atoms with E-state index in [1.165, 1.54) is 16.7 Å². The van der Waals surface area contributed by atoms with Crippen LogP contribution in [0, 0.1) is 0 Å². The summed E-state index contributed by atoms with van der Waals surface area (Å²) >= 11 is 0. The summed E-state index contributed by atoms with van der Waals surface area (Å²) in [5.74, 6) is 0.463. The molecule has 3 rings (SSSR count). The molecule has 0 bridgehead atoms.